The van der Waals surface area contributed by atoms with Crippen LogP contribution in [0.5, 0.6) is 5.88 Å². The van der Waals surface area contributed by atoms with Gasteiger partial charge < -0.3 is 9.30 Å². The number of ether oxygens (including phenoxy) is 1. The number of hydrogen-bond donors (Lipinski definition) is 0. The van der Waals surface area contributed by atoms with Gasteiger partial charge in [0.15, 0.2) is 5.43 Å². The molecule has 2 heterocycles. The molecule has 0 aliphatic heterocycles. The molecule has 6 heteroatoms. The molecular formula is C22H19N3O3. The van der Waals surface area contributed by atoms with Crippen molar-refractivity contribution in [3.05, 3.63) is 77.0 Å². The highest BCUT2D eigenvalue weighted by atomic mass is 16.5. The second-order valence-corrected chi connectivity index (χ2v) is 6.44. The number of para-hydroxylation sites is 2. The molecule has 140 valence electrons. The molecular weight excluding hydrogens is 354 g/mol. The Morgan fingerprint density at radius 3 is 2.18 bits per heavy atom. The van der Waals surface area contributed by atoms with Crippen LogP contribution in [-0.4, -0.2) is 29.6 Å². The van der Waals surface area contributed by atoms with Gasteiger partial charge in [-0.15, -0.1) is 0 Å². The Morgan fingerprint density at radius 2 is 1.57 bits per heavy atom. The van der Waals surface area contributed by atoms with Crippen molar-refractivity contribution in [2.24, 2.45) is 0 Å². The van der Waals surface area contributed by atoms with Crippen molar-refractivity contribution in [3.8, 4) is 5.88 Å². The Balaban J connectivity index is 1.81. The SMILES string of the molecule is COc1cccc(N(C)C(=O)Cn2c3ccccc3c(=O)c3ccccc32)n1. The van der Waals surface area contributed by atoms with E-state index in [-0.39, 0.29) is 17.9 Å². The maximum absolute atomic E-state index is 13.0. The number of nitrogens with zero attached hydrogens (tertiary/aromatic N) is 3. The Kier molecular flexibility index (Phi) is 4.53. The predicted molar refractivity (Wildman–Crippen MR) is 110 cm³/mol. The van der Waals surface area contributed by atoms with E-state index < -0.39 is 0 Å². The maximum Gasteiger partial charge on any atom is 0.247 e. The third-order valence-electron chi connectivity index (χ3n) is 4.81. The van der Waals surface area contributed by atoms with Crippen LogP contribution in [0.4, 0.5) is 5.82 Å². The Bertz CT molecular complexity index is 1190. The highest BCUT2D eigenvalue weighted by molar-refractivity contribution is 5.97. The van der Waals surface area contributed by atoms with Crippen LogP contribution in [0.2, 0.25) is 0 Å². The van der Waals surface area contributed by atoms with Gasteiger partial charge in [0, 0.05) is 23.9 Å². The van der Waals surface area contributed by atoms with Crippen LogP contribution < -0.4 is 15.1 Å². The molecule has 0 bridgehead atoms. The minimum absolute atomic E-state index is 0.0299. The van der Waals surface area contributed by atoms with Gasteiger partial charge >= 0.3 is 0 Å². The third kappa shape index (κ3) is 2.99. The lowest BCUT2D eigenvalue weighted by Crippen LogP contribution is -2.31. The van der Waals surface area contributed by atoms with Crippen LogP contribution in [0.25, 0.3) is 21.8 Å². The van der Waals surface area contributed by atoms with Gasteiger partial charge in [0.05, 0.1) is 18.1 Å². The molecule has 0 radical (unpaired) electrons. The summed E-state index contributed by atoms with van der Waals surface area (Å²) in [6, 6.07) is 20.0. The smallest absolute Gasteiger partial charge is 0.247 e. The van der Waals surface area contributed by atoms with Crippen molar-refractivity contribution in [3.63, 3.8) is 0 Å². The minimum Gasteiger partial charge on any atom is -0.481 e. The summed E-state index contributed by atoms with van der Waals surface area (Å²) < 4.78 is 7.02. The first-order valence-corrected chi connectivity index (χ1v) is 8.88. The van der Waals surface area contributed by atoms with Crippen molar-refractivity contribution < 1.29 is 9.53 Å². The third-order valence-corrected chi connectivity index (χ3v) is 4.81. The molecule has 0 N–H and O–H groups in total. The molecule has 1 amide bonds. The molecule has 0 aliphatic carbocycles. The highest BCUT2D eigenvalue weighted by Crippen LogP contribution is 2.20. The van der Waals surface area contributed by atoms with Gasteiger partial charge in [-0.05, 0) is 30.3 Å². The zero-order chi connectivity index (χ0) is 19.7. The van der Waals surface area contributed by atoms with Crippen LogP contribution in [0.1, 0.15) is 0 Å². The average Bonchev–Trinajstić information content (AvgIpc) is 2.76. The summed E-state index contributed by atoms with van der Waals surface area (Å²) in [7, 11) is 3.21. The van der Waals surface area contributed by atoms with E-state index in [4.69, 9.17) is 4.74 Å². The van der Waals surface area contributed by atoms with Crippen LogP contribution in [0.3, 0.4) is 0 Å². The normalized spacial score (nSPS) is 10.9. The second-order valence-electron chi connectivity index (χ2n) is 6.44. The number of hydrogen-bond acceptors (Lipinski definition) is 4. The van der Waals surface area contributed by atoms with Gasteiger partial charge in [-0.2, -0.15) is 4.98 Å². The predicted octanol–water partition coefficient (Wildman–Crippen LogP) is 3.22. The molecule has 0 saturated carbocycles. The lowest BCUT2D eigenvalue weighted by Gasteiger charge is -2.20. The molecule has 0 unspecified atom stereocenters. The standard InChI is InChI=1S/C22H19N3O3/c1-24(19-12-7-13-20(23-19)28-2)21(26)14-25-17-10-5-3-8-15(17)22(27)16-9-4-6-11-18(16)25/h3-13H,14H2,1-2H3. The molecule has 0 saturated heterocycles. The number of aromatic nitrogens is 2. The second kappa shape index (κ2) is 7.15. The molecule has 0 aliphatic rings. The summed E-state index contributed by atoms with van der Waals surface area (Å²) in [6.07, 6.45) is 0. The van der Waals surface area contributed by atoms with E-state index >= 15 is 0 Å². The summed E-state index contributed by atoms with van der Waals surface area (Å²) in [6.45, 7) is 0.0801. The maximum atomic E-state index is 13.0. The molecule has 4 rings (SSSR count). The lowest BCUT2D eigenvalue weighted by molar-refractivity contribution is -0.118. The number of rotatable bonds is 4. The summed E-state index contributed by atoms with van der Waals surface area (Å²) in [5.74, 6) is 0.787. The van der Waals surface area contributed by atoms with E-state index in [2.05, 4.69) is 4.98 Å². The molecule has 0 atom stereocenters. The summed E-state index contributed by atoms with van der Waals surface area (Å²) >= 11 is 0. The molecule has 0 fully saturated rings. The van der Waals surface area contributed by atoms with E-state index in [0.717, 1.165) is 11.0 Å². The Hall–Kier alpha value is -3.67. The van der Waals surface area contributed by atoms with Crippen molar-refractivity contribution in [1.29, 1.82) is 0 Å². The van der Waals surface area contributed by atoms with Gasteiger partial charge in [-0.3, -0.25) is 14.5 Å². The largest absolute Gasteiger partial charge is 0.481 e. The topological polar surface area (TPSA) is 64.4 Å². The minimum atomic E-state index is -0.153. The quantitative estimate of drug-likeness (QED) is 0.515. The van der Waals surface area contributed by atoms with E-state index in [1.54, 1.807) is 37.4 Å². The molecule has 2 aromatic heterocycles. The lowest BCUT2D eigenvalue weighted by atomic mass is 10.1. The van der Waals surface area contributed by atoms with Crippen molar-refractivity contribution >= 4 is 33.5 Å². The van der Waals surface area contributed by atoms with Crippen molar-refractivity contribution in [2.75, 3.05) is 19.1 Å². The first kappa shape index (κ1) is 17.7. The Labute approximate surface area is 161 Å². The summed E-state index contributed by atoms with van der Waals surface area (Å²) in [4.78, 5) is 31.7. The highest BCUT2D eigenvalue weighted by Gasteiger charge is 2.17. The summed E-state index contributed by atoms with van der Waals surface area (Å²) in [5.41, 5.74) is 1.43. The number of carbonyl (C=O) groups is 1. The average molecular weight is 373 g/mol. The fourth-order valence-electron chi connectivity index (χ4n) is 3.32. The number of fused-ring (bicyclic) bond motifs is 2. The van der Waals surface area contributed by atoms with Crippen LogP contribution >= 0.6 is 0 Å². The van der Waals surface area contributed by atoms with E-state index in [1.807, 2.05) is 41.0 Å². The Morgan fingerprint density at radius 1 is 0.964 bits per heavy atom. The van der Waals surface area contributed by atoms with Gasteiger partial charge in [0.25, 0.3) is 0 Å². The molecule has 6 nitrogen and oxygen atoms in total. The zero-order valence-electron chi connectivity index (χ0n) is 15.6. The zero-order valence-corrected chi connectivity index (χ0v) is 15.6. The van der Waals surface area contributed by atoms with Crippen molar-refractivity contribution in [2.45, 2.75) is 6.54 Å². The number of amides is 1. The molecule has 4 aromatic rings. The molecule has 0 spiro atoms. The molecule has 28 heavy (non-hydrogen) atoms. The monoisotopic (exact) mass is 373 g/mol. The van der Waals surface area contributed by atoms with Gasteiger partial charge in [0.2, 0.25) is 11.8 Å². The van der Waals surface area contributed by atoms with Crippen LogP contribution in [-0.2, 0) is 11.3 Å². The van der Waals surface area contributed by atoms with Gasteiger partial charge in [-0.25, -0.2) is 0 Å². The number of likely N-dealkylation sites (N-methyl/N-ethyl adjacent to an activating group) is 1. The number of benzene rings is 2. The number of carbonyl (C=O) groups excluding carboxylic acids is 1. The fraction of sp³-hybridized carbons (Fsp3) is 0.136. The van der Waals surface area contributed by atoms with Crippen LogP contribution in [0, 0.1) is 0 Å². The molecule has 2 aromatic carbocycles. The number of anilines is 1. The van der Waals surface area contributed by atoms with E-state index in [1.165, 1.54) is 12.0 Å². The van der Waals surface area contributed by atoms with Gasteiger partial charge in [-0.1, -0.05) is 30.3 Å². The van der Waals surface area contributed by atoms with Crippen LogP contribution in [0.15, 0.2) is 71.5 Å². The first-order chi connectivity index (χ1) is 13.6. The van der Waals surface area contributed by atoms with Gasteiger partial charge in [0.1, 0.15) is 12.4 Å². The first-order valence-electron chi connectivity index (χ1n) is 8.88. The number of methoxy groups -OCH3 is 1. The van der Waals surface area contributed by atoms with Crippen molar-refractivity contribution in [1.82, 2.24) is 9.55 Å². The van der Waals surface area contributed by atoms with E-state index in [9.17, 15) is 9.59 Å². The summed E-state index contributed by atoms with van der Waals surface area (Å²) in [5, 5.41) is 1.19. The fourth-order valence-corrected chi connectivity index (χ4v) is 3.32. The van der Waals surface area contributed by atoms with E-state index in [0.29, 0.717) is 22.5 Å². The number of pyridine rings is 2.